The molecule has 2 nitrogen and oxygen atoms in total. The molecule has 3 rings (SSSR count). The van der Waals surface area contributed by atoms with E-state index in [1.54, 1.807) is 7.11 Å². The molecule has 0 spiro atoms. The van der Waals surface area contributed by atoms with Crippen molar-refractivity contribution in [2.45, 2.75) is 19.3 Å². The molecule has 112 valence electrons. The van der Waals surface area contributed by atoms with E-state index < -0.39 is 0 Å². The van der Waals surface area contributed by atoms with Crippen molar-refractivity contribution in [1.29, 1.82) is 0 Å². The molecule has 0 aliphatic heterocycles. The van der Waals surface area contributed by atoms with Gasteiger partial charge in [0.2, 0.25) is 0 Å². The van der Waals surface area contributed by atoms with Crippen LogP contribution in [0.1, 0.15) is 23.5 Å². The maximum atomic E-state index is 5.79. The lowest BCUT2D eigenvalue weighted by molar-refractivity contribution is 0.409. The number of benzene rings is 2. The fraction of sp³-hybridized carbons (Fsp3) is 0.333. The van der Waals surface area contributed by atoms with Crippen molar-refractivity contribution in [1.82, 2.24) is 0 Å². The molecule has 0 radical (unpaired) electrons. The van der Waals surface area contributed by atoms with Crippen LogP contribution in [0.3, 0.4) is 0 Å². The smallest absolute Gasteiger partial charge is 0.122 e. The highest BCUT2D eigenvalue weighted by atomic mass is 35.5. The second-order valence-corrected chi connectivity index (χ2v) is 5.61. The summed E-state index contributed by atoms with van der Waals surface area (Å²) in [6, 6.07) is 15.0. The van der Waals surface area contributed by atoms with Gasteiger partial charge in [0.25, 0.3) is 0 Å². The third kappa shape index (κ3) is 3.07. The van der Waals surface area contributed by atoms with Gasteiger partial charge in [-0.3, -0.25) is 0 Å². The van der Waals surface area contributed by atoms with E-state index in [9.17, 15) is 0 Å². The molecular formula is C18H22ClNO. The third-order valence-electron chi connectivity index (χ3n) is 4.31. The molecule has 0 heterocycles. The number of hydrogen-bond donors (Lipinski definition) is 1. The van der Waals surface area contributed by atoms with Crippen LogP contribution in [0.2, 0.25) is 0 Å². The van der Waals surface area contributed by atoms with Gasteiger partial charge in [0.15, 0.2) is 0 Å². The number of aryl methyl sites for hydroxylation is 1. The van der Waals surface area contributed by atoms with E-state index in [0.29, 0.717) is 11.8 Å². The molecule has 1 aliphatic carbocycles. The molecular weight excluding hydrogens is 282 g/mol. The second kappa shape index (κ2) is 6.50. The van der Waals surface area contributed by atoms with Crippen molar-refractivity contribution in [3.8, 4) is 16.9 Å². The molecule has 1 fully saturated rings. The van der Waals surface area contributed by atoms with Gasteiger partial charge in [0, 0.05) is 0 Å². The molecule has 0 saturated heterocycles. The predicted molar refractivity (Wildman–Crippen MR) is 90.3 cm³/mol. The standard InChI is InChI=1S/C18H21NO.ClH/c1-12-5-3-4-6-15(12)13-7-8-18(20-2)17(9-13)16-10-14(16)11-19;/h3-9,14,16H,10-11,19H2,1-2H3;1H/t14-,16+;/m1./s1. The fourth-order valence-electron chi connectivity index (χ4n) is 2.98. The molecule has 0 amide bonds. The molecule has 1 aliphatic rings. The summed E-state index contributed by atoms with van der Waals surface area (Å²) < 4.78 is 5.52. The Kier molecular flexibility index (Phi) is 4.92. The normalized spacial score (nSPS) is 19.8. The summed E-state index contributed by atoms with van der Waals surface area (Å²) in [5, 5.41) is 0. The first-order chi connectivity index (χ1) is 9.74. The number of methoxy groups -OCH3 is 1. The highest BCUT2D eigenvalue weighted by Gasteiger charge is 2.38. The van der Waals surface area contributed by atoms with Crippen molar-refractivity contribution < 1.29 is 4.74 Å². The number of halogens is 1. The maximum absolute atomic E-state index is 5.79. The molecule has 21 heavy (non-hydrogen) atoms. The van der Waals surface area contributed by atoms with Gasteiger partial charge in [0.1, 0.15) is 5.75 Å². The zero-order chi connectivity index (χ0) is 14.1. The Balaban J connectivity index is 0.00000161. The highest BCUT2D eigenvalue weighted by Crippen LogP contribution is 2.50. The zero-order valence-electron chi connectivity index (χ0n) is 12.5. The summed E-state index contributed by atoms with van der Waals surface area (Å²) in [5.74, 6) is 2.18. The van der Waals surface area contributed by atoms with Crippen molar-refractivity contribution in [2.75, 3.05) is 13.7 Å². The minimum Gasteiger partial charge on any atom is -0.496 e. The first-order valence-corrected chi connectivity index (χ1v) is 7.18. The van der Waals surface area contributed by atoms with Gasteiger partial charge in [-0.2, -0.15) is 0 Å². The second-order valence-electron chi connectivity index (χ2n) is 5.61. The van der Waals surface area contributed by atoms with Crippen LogP contribution in [0, 0.1) is 12.8 Å². The Morgan fingerprint density at radius 3 is 2.57 bits per heavy atom. The lowest BCUT2D eigenvalue weighted by Crippen LogP contribution is -2.02. The van der Waals surface area contributed by atoms with Crippen molar-refractivity contribution >= 4 is 12.4 Å². The van der Waals surface area contributed by atoms with Crippen molar-refractivity contribution in [3.63, 3.8) is 0 Å². The van der Waals surface area contributed by atoms with Gasteiger partial charge in [-0.25, -0.2) is 0 Å². The number of hydrogen-bond acceptors (Lipinski definition) is 2. The first kappa shape index (κ1) is 15.9. The SMILES string of the molecule is COc1ccc(-c2ccccc2C)cc1[C@H]1C[C@@H]1CN.Cl. The van der Waals surface area contributed by atoms with Crippen LogP contribution in [0.5, 0.6) is 5.75 Å². The van der Waals surface area contributed by atoms with E-state index in [4.69, 9.17) is 10.5 Å². The van der Waals surface area contributed by atoms with Crippen LogP contribution < -0.4 is 10.5 Å². The molecule has 2 N–H and O–H groups in total. The molecule has 0 unspecified atom stereocenters. The van der Waals surface area contributed by atoms with Crippen LogP contribution >= 0.6 is 12.4 Å². The minimum absolute atomic E-state index is 0. The third-order valence-corrected chi connectivity index (χ3v) is 4.31. The Labute approximate surface area is 132 Å². The van der Waals surface area contributed by atoms with Crippen LogP contribution in [0.4, 0.5) is 0 Å². The summed E-state index contributed by atoms with van der Waals surface area (Å²) in [7, 11) is 1.74. The van der Waals surface area contributed by atoms with E-state index >= 15 is 0 Å². The van der Waals surface area contributed by atoms with Crippen LogP contribution in [0.25, 0.3) is 11.1 Å². The van der Waals surface area contributed by atoms with Gasteiger partial charge in [-0.05, 0) is 66.1 Å². The summed E-state index contributed by atoms with van der Waals surface area (Å²) in [4.78, 5) is 0. The Hall–Kier alpha value is -1.51. The molecule has 0 bridgehead atoms. The maximum Gasteiger partial charge on any atom is 0.122 e. The molecule has 3 heteroatoms. The van der Waals surface area contributed by atoms with Crippen LogP contribution in [-0.4, -0.2) is 13.7 Å². The average molecular weight is 304 g/mol. The largest absolute Gasteiger partial charge is 0.496 e. The van der Waals surface area contributed by atoms with E-state index in [2.05, 4.69) is 49.4 Å². The topological polar surface area (TPSA) is 35.2 Å². The Morgan fingerprint density at radius 2 is 1.95 bits per heavy atom. The summed E-state index contributed by atoms with van der Waals surface area (Å²) in [6.45, 7) is 2.92. The van der Waals surface area contributed by atoms with Crippen LogP contribution in [0.15, 0.2) is 42.5 Å². The van der Waals surface area contributed by atoms with E-state index in [1.807, 2.05) is 0 Å². The number of ether oxygens (including phenoxy) is 1. The van der Waals surface area contributed by atoms with Gasteiger partial charge >= 0.3 is 0 Å². The van der Waals surface area contributed by atoms with E-state index in [1.165, 1.54) is 28.7 Å². The summed E-state index contributed by atoms with van der Waals surface area (Å²) in [5.41, 5.74) is 11.0. The number of nitrogens with two attached hydrogens (primary N) is 1. The molecule has 1 saturated carbocycles. The molecule has 2 aromatic carbocycles. The molecule has 0 aromatic heterocycles. The van der Waals surface area contributed by atoms with Crippen molar-refractivity contribution in [3.05, 3.63) is 53.6 Å². The van der Waals surface area contributed by atoms with Crippen molar-refractivity contribution in [2.24, 2.45) is 11.7 Å². The lowest BCUT2D eigenvalue weighted by atomic mass is 9.96. The lowest BCUT2D eigenvalue weighted by Gasteiger charge is -2.12. The monoisotopic (exact) mass is 303 g/mol. The van der Waals surface area contributed by atoms with Gasteiger partial charge < -0.3 is 10.5 Å². The summed E-state index contributed by atoms with van der Waals surface area (Å²) >= 11 is 0. The average Bonchev–Trinajstić information content (AvgIpc) is 3.26. The highest BCUT2D eigenvalue weighted by molar-refractivity contribution is 5.85. The molecule has 2 atom stereocenters. The Morgan fingerprint density at radius 1 is 1.19 bits per heavy atom. The zero-order valence-corrected chi connectivity index (χ0v) is 13.3. The van der Waals surface area contributed by atoms with E-state index in [-0.39, 0.29) is 12.4 Å². The van der Waals surface area contributed by atoms with Crippen LogP contribution in [-0.2, 0) is 0 Å². The fourth-order valence-corrected chi connectivity index (χ4v) is 2.98. The van der Waals surface area contributed by atoms with Gasteiger partial charge in [-0.15, -0.1) is 12.4 Å². The van der Waals surface area contributed by atoms with Gasteiger partial charge in [-0.1, -0.05) is 30.3 Å². The molecule has 2 aromatic rings. The predicted octanol–water partition coefficient (Wildman–Crippen LogP) is 4.15. The van der Waals surface area contributed by atoms with Gasteiger partial charge in [0.05, 0.1) is 7.11 Å². The quantitative estimate of drug-likeness (QED) is 0.920. The minimum atomic E-state index is 0. The number of rotatable bonds is 4. The van der Waals surface area contributed by atoms with E-state index in [0.717, 1.165) is 12.3 Å². The Bertz CT molecular complexity index is 626. The summed E-state index contributed by atoms with van der Waals surface area (Å²) in [6.07, 6.45) is 1.18. The first-order valence-electron chi connectivity index (χ1n) is 7.18.